The van der Waals surface area contributed by atoms with Crippen LogP contribution in [0.4, 0.5) is 11.5 Å². The maximum Gasteiger partial charge on any atom is 0.338 e. The van der Waals surface area contributed by atoms with E-state index in [9.17, 15) is 4.79 Å². The second-order valence-corrected chi connectivity index (χ2v) is 4.88. The van der Waals surface area contributed by atoms with Gasteiger partial charge in [-0.25, -0.2) is 9.78 Å². The van der Waals surface area contributed by atoms with E-state index in [0.29, 0.717) is 11.4 Å². The zero-order valence-corrected chi connectivity index (χ0v) is 12.2. The van der Waals surface area contributed by atoms with Gasteiger partial charge < -0.3 is 10.1 Å². The van der Waals surface area contributed by atoms with Crippen molar-refractivity contribution in [2.75, 3.05) is 12.4 Å². The topological polar surface area (TPSA) is 51.2 Å². The number of esters is 1. The first kappa shape index (κ1) is 13.5. The molecule has 0 saturated carbocycles. The number of anilines is 2. The first-order valence-electron chi connectivity index (χ1n) is 5.67. The van der Waals surface area contributed by atoms with Gasteiger partial charge in [-0.1, -0.05) is 6.07 Å². The number of pyridine rings is 1. The molecule has 4 nitrogen and oxygen atoms in total. The molecule has 1 aromatic carbocycles. The second kappa shape index (κ2) is 5.84. The van der Waals surface area contributed by atoms with E-state index in [1.807, 2.05) is 25.1 Å². The van der Waals surface area contributed by atoms with E-state index in [-0.39, 0.29) is 5.97 Å². The number of aromatic nitrogens is 1. The number of nitrogens with one attached hydrogen (secondary N) is 1. The standard InChI is InChI=1S/C14H13BrN2O2/c1-9-3-4-11(15)12(7-9)17-13-8-10(5-6-16-13)14(18)19-2/h3-8H,1-2H3,(H,16,17). The van der Waals surface area contributed by atoms with Gasteiger partial charge in [0.25, 0.3) is 0 Å². The fraction of sp³-hybridized carbons (Fsp3) is 0.143. The van der Waals surface area contributed by atoms with Crippen LogP contribution in [0, 0.1) is 6.92 Å². The van der Waals surface area contributed by atoms with Crippen LogP contribution >= 0.6 is 15.9 Å². The van der Waals surface area contributed by atoms with Gasteiger partial charge >= 0.3 is 5.97 Å². The number of ether oxygens (including phenoxy) is 1. The Labute approximate surface area is 119 Å². The van der Waals surface area contributed by atoms with E-state index in [2.05, 4.69) is 31.0 Å². The number of hydrogen-bond acceptors (Lipinski definition) is 4. The number of carbonyl (C=O) groups is 1. The number of nitrogens with zero attached hydrogens (tertiary/aromatic N) is 1. The van der Waals surface area contributed by atoms with Crippen molar-refractivity contribution in [2.45, 2.75) is 6.92 Å². The van der Waals surface area contributed by atoms with E-state index in [4.69, 9.17) is 0 Å². The van der Waals surface area contributed by atoms with Gasteiger partial charge in [0.2, 0.25) is 0 Å². The first-order chi connectivity index (χ1) is 9.10. The highest BCUT2D eigenvalue weighted by Gasteiger charge is 2.07. The molecule has 0 unspecified atom stereocenters. The minimum absolute atomic E-state index is 0.381. The molecule has 98 valence electrons. The van der Waals surface area contributed by atoms with Gasteiger partial charge in [0.05, 0.1) is 18.4 Å². The van der Waals surface area contributed by atoms with Crippen molar-refractivity contribution in [3.8, 4) is 0 Å². The maximum absolute atomic E-state index is 11.5. The molecule has 0 bridgehead atoms. The summed E-state index contributed by atoms with van der Waals surface area (Å²) < 4.78 is 5.61. The normalized spacial score (nSPS) is 10.1. The number of halogens is 1. The Morgan fingerprint density at radius 3 is 2.84 bits per heavy atom. The summed E-state index contributed by atoms with van der Waals surface area (Å²) in [6.07, 6.45) is 1.57. The Morgan fingerprint density at radius 2 is 2.11 bits per heavy atom. The Morgan fingerprint density at radius 1 is 1.32 bits per heavy atom. The minimum atomic E-state index is -0.381. The lowest BCUT2D eigenvalue weighted by Crippen LogP contribution is -2.03. The molecule has 0 aliphatic heterocycles. The molecule has 2 rings (SSSR count). The van der Waals surface area contributed by atoms with Gasteiger partial charge in [0.15, 0.2) is 0 Å². The predicted octanol–water partition coefficient (Wildman–Crippen LogP) is 3.68. The third kappa shape index (κ3) is 3.32. The average molecular weight is 321 g/mol. The fourth-order valence-electron chi connectivity index (χ4n) is 1.62. The summed E-state index contributed by atoms with van der Waals surface area (Å²) in [6.45, 7) is 2.01. The van der Waals surface area contributed by atoms with Gasteiger partial charge in [-0.15, -0.1) is 0 Å². The van der Waals surface area contributed by atoms with Crippen LogP contribution in [-0.2, 0) is 4.74 Å². The van der Waals surface area contributed by atoms with Crippen molar-refractivity contribution in [3.05, 3.63) is 52.1 Å². The average Bonchev–Trinajstić information content (AvgIpc) is 2.42. The van der Waals surface area contributed by atoms with Gasteiger partial charge in [0.1, 0.15) is 5.82 Å². The molecule has 0 radical (unpaired) electrons. The maximum atomic E-state index is 11.5. The zero-order valence-electron chi connectivity index (χ0n) is 10.6. The fourth-order valence-corrected chi connectivity index (χ4v) is 1.96. The molecule has 0 amide bonds. The molecular weight excluding hydrogens is 308 g/mol. The Bertz CT molecular complexity index is 614. The van der Waals surface area contributed by atoms with E-state index in [0.717, 1.165) is 15.7 Å². The molecule has 0 aliphatic carbocycles. The summed E-state index contributed by atoms with van der Waals surface area (Å²) in [6, 6.07) is 9.23. The monoisotopic (exact) mass is 320 g/mol. The second-order valence-electron chi connectivity index (χ2n) is 4.03. The highest BCUT2D eigenvalue weighted by atomic mass is 79.9. The summed E-state index contributed by atoms with van der Waals surface area (Å²) in [4.78, 5) is 15.6. The lowest BCUT2D eigenvalue weighted by atomic mass is 10.2. The predicted molar refractivity (Wildman–Crippen MR) is 77.7 cm³/mol. The molecule has 0 atom stereocenters. The molecule has 1 heterocycles. The van der Waals surface area contributed by atoms with Crippen LogP contribution < -0.4 is 5.32 Å². The highest BCUT2D eigenvalue weighted by Crippen LogP contribution is 2.26. The van der Waals surface area contributed by atoms with Gasteiger partial charge in [0, 0.05) is 10.7 Å². The first-order valence-corrected chi connectivity index (χ1v) is 6.47. The molecule has 0 saturated heterocycles. The highest BCUT2D eigenvalue weighted by molar-refractivity contribution is 9.10. The van der Waals surface area contributed by atoms with Crippen molar-refractivity contribution in [1.82, 2.24) is 4.98 Å². The van der Waals surface area contributed by atoms with Crippen LogP contribution in [-0.4, -0.2) is 18.1 Å². The van der Waals surface area contributed by atoms with Gasteiger partial charge in [-0.05, 0) is 52.7 Å². The Hall–Kier alpha value is -1.88. The number of rotatable bonds is 3. The van der Waals surface area contributed by atoms with Crippen LogP contribution in [0.2, 0.25) is 0 Å². The third-order valence-corrected chi connectivity index (χ3v) is 3.26. The van der Waals surface area contributed by atoms with Crippen molar-refractivity contribution in [2.24, 2.45) is 0 Å². The number of aryl methyl sites for hydroxylation is 1. The minimum Gasteiger partial charge on any atom is -0.465 e. The number of carbonyl (C=O) groups excluding carboxylic acids is 1. The smallest absolute Gasteiger partial charge is 0.338 e. The lowest BCUT2D eigenvalue weighted by molar-refractivity contribution is 0.0600. The van der Waals surface area contributed by atoms with Crippen LogP contribution in [0.25, 0.3) is 0 Å². The molecule has 19 heavy (non-hydrogen) atoms. The molecular formula is C14H13BrN2O2. The summed E-state index contributed by atoms with van der Waals surface area (Å²) in [7, 11) is 1.35. The molecule has 1 N–H and O–H groups in total. The van der Waals surface area contributed by atoms with Crippen molar-refractivity contribution >= 4 is 33.4 Å². The Balaban J connectivity index is 2.28. The number of methoxy groups -OCH3 is 1. The number of benzene rings is 1. The van der Waals surface area contributed by atoms with E-state index < -0.39 is 0 Å². The van der Waals surface area contributed by atoms with Crippen LogP contribution in [0.3, 0.4) is 0 Å². The molecule has 0 fully saturated rings. The van der Waals surface area contributed by atoms with Gasteiger partial charge in [-0.3, -0.25) is 0 Å². The summed E-state index contributed by atoms with van der Waals surface area (Å²) in [5.74, 6) is 0.211. The number of hydrogen-bond donors (Lipinski definition) is 1. The molecule has 5 heteroatoms. The Kier molecular flexibility index (Phi) is 4.16. The summed E-state index contributed by atoms with van der Waals surface area (Å²) >= 11 is 3.47. The van der Waals surface area contributed by atoms with Crippen molar-refractivity contribution in [3.63, 3.8) is 0 Å². The van der Waals surface area contributed by atoms with Crippen LogP contribution in [0.1, 0.15) is 15.9 Å². The lowest BCUT2D eigenvalue weighted by Gasteiger charge is -2.09. The van der Waals surface area contributed by atoms with Gasteiger partial charge in [-0.2, -0.15) is 0 Å². The SMILES string of the molecule is COC(=O)c1ccnc(Nc2cc(C)ccc2Br)c1. The van der Waals surface area contributed by atoms with Crippen molar-refractivity contribution < 1.29 is 9.53 Å². The van der Waals surface area contributed by atoms with Crippen LogP contribution in [0.15, 0.2) is 41.0 Å². The van der Waals surface area contributed by atoms with E-state index >= 15 is 0 Å². The van der Waals surface area contributed by atoms with Crippen molar-refractivity contribution in [1.29, 1.82) is 0 Å². The largest absolute Gasteiger partial charge is 0.465 e. The molecule has 0 spiro atoms. The quantitative estimate of drug-likeness (QED) is 0.876. The summed E-state index contributed by atoms with van der Waals surface area (Å²) in [5.41, 5.74) is 2.49. The molecule has 0 aliphatic rings. The molecule has 1 aromatic heterocycles. The van der Waals surface area contributed by atoms with E-state index in [1.165, 1.54) is 7.11 Å². The van der Waals surface area contributed by atoms with Crippen LogP contribution in [0.5, 0.6) is 0 Å². The third-order valence-electron chi connectivity index (χ3n) is 2.57. The molecule has 2 aromatic rings. The summed E-state index contributed by atoms with van der Waals surface area (Å²) in [5, 5.41) is 3.17. The van der Waals surface area contributed by atoms with E-state index in [1.54, 1.807) is 18.3 Å². The zero-order chi connectivity index (χ0) is 13.8.